The van der Waals surface area contributed by atoms with Crippen LogP contribution in [0.1, 0.15) is 33.1 Å². The average Bonchev–Trinajstić information content (AvgIpc) is 2.19. The number of esters is 1. The number of carbonyl (C=O) groups excluding carboxylic acids is 1. The van der Waals surface area contributed by atoms with Crippen LogP contribution < -0.4 is 5.32 Å². The van der Waals surface area contributed by atoms with Crippen LogP contribution >= 0.6 is 0 Å². The van der Waals surface area contributed by atoms with Crippen molar-refractivity contribution in [2.45, 2.75) is 45.2 Å². The maximum atomic E-state index is 11.3. The molecule has 0 aromatic rings. The summed E-state index contributed by atoms with van der Waals surface area (Å²) in [5.41, 5.74) is 0. The van der Waals surface area contributed by atoms with Crippen molar-refractivity contribution in [1.82, 2.24) is 5.32 Å². The molecule has 0 amide bonds. The topological polar surface area (TPSA) is 38.3 Å². The zero-order valence-electron chi connectivity index (χ0n) is 8.95. The molecule has 0 bridgehead atoms. The third kappa shape index (κ3) is 3.50. The molecule has 14 heavy (non-hydrogen) atoms. The van der Waals surface area contributed by atoms with E-state index in [9.17, 15) is 4.79 Å². The molecule has 1 N–H and O–H groups in total. The fraction of sp³-hybridized carbons (Fsp3) is 0.727. The van der Waals surface area contributed by atoms with Crippen molar-refractivity contribution < 1.29 is 9.53 Å². The number of rotatable bonds is 4. The second kappa shape index (κ2) is 5.81. The zero-order chi connectivity index (χ0) is 10.4. The summed E-state index contributed by atoms with van der Waals surface area (Å²) in [7, 11) is 0. The molecule has 2 atom stereocenters. The number of allylic oxidation sites excluding steroid dienone is 1. The van der Waals surface area contributed by atoms with Gasteiger partial charge in [-0.3, -0.25) is 4.79 Å². The van der Waals surface area contributed by atoms with Crippen molar-refractivity contribution in [1.29, 1.82) is 0 Å². The SMILES string of the molecule is CCOC(=O)C(C)NC1CC=CCC1. The van der Waals surface area contributed by atoms with Crippen LogP contribution in [0, 0.1) is 0 Å². The third-order valence-electron chi connectivity index (χ3n) is 2.39. The Morgan fingerprint density at radius 3 is 3.00 bits per heavy atom. The van der Waals surface area contributed by atoms with Gasteiger partial charge in [0.1, 0.15) is 6.04 Å². The first-order chi connectivity index (χ1) is 6.74. The monoisotopic (exact) mass is 197 g/mol. The van der Waals surface area contributed by atoms with Crippen LogP contribution in [-0.2, 0) is 9.53 Å². The fourth-order valence-electron chi connectivity index (χ4n) is 1.63. The summed E-state index contributed by atoms with van der Waals surface area (Å²) in [4.78, 5) is 11.3. The molecule has 3 nitrogen and oxygen atoms in total. The van der Waals surface area contributed by atoms with Crippen LogP contribution in [0.5, 0.6) is 0 Å². The van der Waals surface area contributed by atoms with Gasteiger partial charge in [-0.15, -0.1) is 0 Å². The number of hydrogen-bond acceptors (Lipinski definition) is 3. The fourth-order valence-corrected chi connectivity index (χ4v) is 1.63. The van der Waals surface area contributed by atoms with Crippen molar-refractivity contribution in [3.8, 4) is 0 Å². The Morgan fingerprint density at radius 2 is 2.43 bits per heavy atom. The molecule has 1 aliphatic rings. The van der Waals surface area contributed by atoms with E-state index in [4.69, 9.17) is 4.74 Å². The van der Waals surface area contributed by atoms with Gasteiger partial charge in [0.2, 0.25) is 0 Å². The molecule has 0 aliphatic heterocycles. The number of carbonyl (C=O) groups is 1. The van der Waals surface area contributed by atoms with Gasteiger partial charge >= 0.3 is 5.97 Å². The van der Waals surface area contributed by atoms with Crippen LogP contribution in [0.4, 0.5) is 0 Å². The van der Waals surface area contributed by atoms with Gasteiger partial charge < -0.3 is 10.1 Å². The van der Waals surface area contributed by atoms with E-state index < -0.39 is 0 Å². The molecule has 1 aliphatic carbocycles. The quantitative estimate of drug-likeness (QED) is 0.550. The minimum Gasteiger partial charge on any atom is -0.465 e. The summed E-state index contributed by atoms with van der Waals surface area (Å²) in [5.74, 6) is -0.151. The highest BCUT2D eigenvalue weighted by Crippen LogP contribution is 2.11. The molecule has 0 spiro atoms. The number of ether oxygens (including phenoxy) is 1. The highest BCUT2D eigenvalue weighted by molar-refractivity contribution is 5.75. The molecule has 0 aromatic carbocycles. The standard InChI is InChI=1S/C11H19NO2/c1-3-14-11(13)9(2)12-10-7-5-4-6-8-10/h4-5,9-10,12H,3,6-8H2,1-2H3. The van der Waals surface area contributed by atoms with Gasteiger partial charge in [0.25, 0.3) is 0 Å². The third-order valence-corrected chi connectivity index (χ3v) is 2.39. The maximum absolute atomic E-state index is 11.3. The van der Waals surface area contributed by atoms with E-state index in [-0.39, 0.29) is 12.0 Å². The van der Waals surface area contributed by atoms with Crippen molar-refractivity contribution in [2.75, 3.05) is 6.61 Å². The first-order valence-corrected chi connectivity index (χ1v) is 5.31. The van der Waals surface area contributed by atoms with Crippen molar-refractivity contribution in [3.63, 3.8) is 0 Å². The van der Waals surface area contributed by atoms with Gasteiger partial charge in [-0.05, 0) is 33.1 Å². The normalized spacial score (nSPS) is 23.1. The highest BCUT2D eigenvalue weighted by Gasteiger charge is 2.18. The Kier molecular flexibility index (Phi) is 4.66. The van der Waals surface area contributed by atoms with E-state index in [2.05, 4.69) is 17.5 Å². The predicted molar refractivity (Wildman–Crippen MR) is 56.0 cm³/mol. The van der Waals surface area contributed by atoms with Crippen LogP contribution in [0.3, 0.4) is 0 Å². The molecule has 3 heteroatoms. The van der Waals surface area contributed by atoms with Crippen molar-refractivity contribution in [2.24, 2.45) is 0 Å². The second-order valence-electron chi connectivity index (χ2n) is 3.62. The van der Waals surface area contributed by atoms with Crippen LogP contribution in [-0.4, -0.2) is 24.7 Å². The van der Waals surface area contributed by atoms with E-state index in [1.165, 1.54) is 0 Å². The second-order valence-corrected chi connectivity index (χ2v) is 3.62. The van der Waals surface area contributed by atoms with Crippen LogP contribution in [0.25, 0.3) is 0 Å². The van der Waals surface area contributed by atoms with E-state index in [1.54, 1.807) is 0 Å². The smallest absolute Gasteiger partial charge is 0.322 e. The molecule has 0 fully saturated rings. The molecule has 0 saturated carbocycles. The molecule has 1 rings (SSSR count). The molecule has 0 saturated heterocycles. The zero-order valence-corrected chi connectivity index (χ0v) is 8.95. The lowest BCUT2D eigenvalue weighted by atomic mass is 10.0. The largest absolute Gasteiger partial charge is 0.465 e. The molecular formula is C11H19NO2. The Hall–Kier alpha value is -0.830. The van der Waals surface area contributed by atoms with E-state index in [0.29, 0.717) is 12.6 Å². The average molecular weight is 197 g/mol. The van der Waals surface area contributed by atoms with Gasteiger partial charge in [-0.1, -0.05) is 12.2 Å². The molecule has 0 aromatic heterocycles. The van der Waals surface area contributed by atoms with E-state index >= 15 is 0 Å². The molecule has 0 radical (unpaired) electrons. The van der Waals surface area contributed by atoms with Crippen LogP contribution in [0.2, 0.25) is 0 Å². The first-order valence-electron chi connectivity index (χ1n) is 5.31. The van der Waals surface area contributed by atoms with Crippen molar-refractivity contribution in [3.05, 3.63) is 12.2 Å². The van der Waals surface area contributed by atoms with Gasteiger partial charge in [-0.25, -0.2) is 0 Å². The van der Waals surface area contributed by atoms with Crippen molar-refractivity contribution >= 4 is 5.97 Å². The molecule has 80 valence electrons. The number of nitrogens with one attached hydrogen (secondary N) is 1. The summed E-state index contributed by atoms with van der Waals surface area (Å²) in [6, 6.07) is 0.242. The van der Waals surface area contributed by atoms with Gasteiger partial charge in [0, 0.05) is 6.04 Å². The highest BCUT2D eigenvalue weighted by atomic mass is 16.5. The molecular weight excluding hydrogens is 178 g/mol. The number of hydrogen-bond donors (Lipinski definition) is 1. The Bertz CT molecular complexity index is 213. The lowest BCUT2D eigenvalue weighted by Gasteiger charge is -2.22. The van der Waals surface area contributed by atoms with E-state index in [0.717, 1.165) is 19.3 Å². The Labute approximate surface area is 85.5 Å². The van der Waals surface area contributed by atoms with Crippen LogP contribution in [0.15, 0.2) is 12.2 Å². The molecule has 2 unspecified atom stereocenters. The minimum absolute atomic E-state index is 0.151. The first kappa shape index (κ1) is 11.2. The summed E-state index contributed by atoms with van der Waals surface area (Å²) < 4.78 is 4.93. The Balaban J connectivity index is 2.28. The van der Waals surface area contributed by atoms with Gasteiger partial charge in [-0.2, -0.15) is 0 Å². The minimum atomic E-state index is -0.188. The summed E-state index contributed by atoms with van der Waals surface area (Å²) in [5, 5.41) is 3.28. The van der Waals surface area contributed by atoms with Gasteiger partial charge in [0.15, 0.2) is 0 Å². The molecule has 0 heterocycles. The summed E-state index contributed by atoms with van der Waals surface area (Å²) >= 11 is 0. The predicted octanol–water partition coefficient (Wildman–Crippen LogP) is 1.64. The Morgan fingerprint density at radius 1 is 1.64 bits per heavy atom. The summed E-state index contributed by atoms with van der Waals surface area (Å²) in [6.45, 7) is 4.14. The summed E-state index contributed by atoms with van der Waals surface area (Å²) in [6.07, 6.45) is 7.59. The van der Waals surface area contributed by atoms with E-state index in [1.807, 2.05) is 13.8 Å². The lowest BCUT2D eigenvalue weighted by Crippen LogP contribution is -2.42. The van der Waals surface area contributed by atoms with Gasteiger partial charge in [0.05, 0.1) is 6.61 Å². The lowest BCUT2D eigenvalue weighted by molar-refractivity contribution is -0.145. The maximum Gasteiger partial charge on any atom is 0.322 e.